The number of aryl methyl sites for hydroxylation is 1. The fraction of sp³-hybridized carbons (Fsp3) is 0.304. The number of para-hydroxylation sites is 1. The highest BCUT2D eigenvalue weighted by molar-refractivity contribution is 7.89. The quantitative estimate of drug-likeness (QED) is 0.636. The first-order valence-corrected chi connectivity index (χ1v) is 11.9. The average molecular weight is 439 g/mol. The van der Waals surface area contributed by atoms with Gasteiger partial charge in [-0.25, -0.2) is 8.42 Å². The Morgan fingerprint density at radius 1 is 1.06 bits per heavy atom. The molecule has 162 valence electrons. The number of amides is 1. The van der Waals surface area contributed by atoms with Crippen molar-refractivity contribution in [1.29, 1.82) is 0 Å². The summed E-state index contributed by atoms with van der Waals surface area (Å²) in [6.45, 7) is 3.38. The molecule has 0 radical (unpaired) electrons. The number of hydrogen-bond donors (Lipinski definition) is 1. The monoisotopic (exact) mass is 438 g/mol. The molecule has 1 fully saturated rings. The van der Waals surface area contributed by atoms with Crippen LogP contribution >= 0.6 is 0 Å². The van der Waals surface area contributed by atoms with Crippen molar-refractivity contribution in [3.8, 4) is 0 Å². The van der Waals surface area contributed by atoms with Crippen molar-refractivity contribution >= 4 is 21.6 Å². The Kier molecular flexibility index (Phi) is 6.20. The first-order chi connectivity index (χ1) is 14.9. The molecular formula is C23H26N4O3S. The van der Waals surface area contributed by atoms with E-state index in [0.717, 1.165) is 30.4 Å². The number of hydrogen-bond acceptors (Lipinski definition) is 4. The maximum atomic E-state index is 13.1. The molecule has 3 aromatic rings. The normalized spacial score (nSPS) is 15.0. The van der Waals surface area contributed by atoms with Crippen LogP contribution in [0.4, 0.5) is 5.69 Å². The molecule has 1 aliphatic rings. The van der Waals surface area contributed by atoms with E-state index in [1.165, 1.54) is 10.4 Å². The lowest BCUT2D eigenvalue weighted by Crippen LogP contribution is -2.35. The van der Waals surface area contributed by atoms with Crippen molar-refractivity contribution in [2.75, 3.05) is 18.4 Å². The lowest BCUT2D eigenvalue weighted by atomic mass is 10.1. The molecule has 2 heterocycles. The van der Waals surface area contributed by atoms with E-state index < -0.39 is 10.0 Å². The minimum Gasteiger partial charge on any atom is -0.322 e. The van der Waals surface area contributed by atoms with Gasteiger partial charge in [-0.3, -0.25) is 9.48 Å². The molecule has 8 heteroatoms. The highest BCUT2D eigenvalue weighted by Gasteiger charge is 2.27. The fourth-order valence-electron chi connectivity index (χ4n) is 3.80. The molecule has 0 saturated carbocycles. The number of nitrogens with one attached hydrogen (secondary N) is 1. The Morgan fingerprint density at radius 3 is 2.58 bits per heavy atom. The van der Waals surface area contributed by atoms with Gasteiger partial charge in [0.2, 0.25) is 10.0 Å². The number of carbonyl (C=O) groups is 1. The van der Waals surface area contributed by atoms with Crippen LogP contribution in [0.1, 0.15) is 40.7 Å². The Hall–Kier alpha value is -2.97. The summed E-state index contributed by atoms with van der Waals surface area (Å²) in [7, 11) is -3.61. The number of rotatable bonds is 6. The molecule has 7 nitrogen and oxygen atoms in total. The van der Waals surface area contributed by atoms with Crippen LogP contribution in [0.3, 0.4) is 0 Å². The third-order valence-corrected chi connectivity index (χ3v) is 7.46. The van der Waals surface area contributed by atoms with Gasteiger partial charge in [-0.1, -0.05) is 30.7 Å². The molecule has 31 heavy (non-hydrogen) atoms. The maximum absolute atomic E-state index is 13.1. The minimum atomic E-state index is -3.61. The van der Waals surface area contributed by atoms with Crippen molar-refractivity contribution in [1.82, 2.24) is 14.1 Å². The van der Waals surface area contributed by atoms with E-state index in [1.807, 2.05) is 43.5 Å². The second-order valence-electron chi connectivity index (χ2n) is 7.76. The van der Waals surface area contributed by atoms with Crippen LogP contribution in [0, 0.1) is 6.92 Å². The molecule has 0 spiro atoms. The molecule has 0 atom stereocenters. The number of anilines is 1. The first-order valence-electron chi connectivity index (χ1n) is 10.4. The largest absolute Gasteiger partial charge is 0.322 e. The van der Waals surface area contributed by atoms with Crippen LogP contribution in [0.2, 0.25) is 0 Å². The molecule has 2 aromatic carbocycles. The van der Waals surface area contributed by atoms with Crippen molar-refractivity contribution < 1.29 is 13.2 Å². The maximum Gasteiger partial charge on any atom is 0.255 e. The summed E-state index contributed by atoms with van der Waals surface area (Å²) in [4.78, 5) is 13.3. The number of carbonyl (C=O) groups excluding carboxylic acids is 1. The number of nitrogens with zero attached hydrogens (tertiary/aromatic N) is 3. The number of sulfonamides is 1. The molecule has 1 saturated heterocycles. The van der Waals surface area contributed by atoms with Crippen LogP contribution in [0.5, 0.6) is 0 Å². The smallest absolute Gasteiger partial charge is 0.255 e. The predicted molar refractivity (Wildman–Crippen MR) is 120 cm³/mol. The van der Waals surface area contributed by atoms with E-state index >= 15 is 0 Å². The zero-order chi connectivity index (χ0) is 21.8. The highest BCUT2D eigenvalue weighted by Crippen LogP contribution is 2.24. The second-order valence-corrected chi connectivity index (χ2v) is 9.69. The van der Waals surface area contributed by atoms with E-state index in [0.29, 0.717) is 30.9 Å². The number of benzene rings is 2. The molecule has 1 aliphatic heterocycles. The van der Waals surface area contributed by atoms with Gasteiger partial charge in [-0.15, -0.1) is 0 Å². The van der Waals surface area contributed by atoms with Crippen molar-refractivity contribution in [2.45, 2.75) is 37.6 Å². The highest BCUT2D eigenvalue weighted by atomic mass is 32.2. The van der Waals surface area contributed by atoms with E-state index in [4.69, 9.17) is 0 Å². The summed E-state index contributed by atoms with van der Waals surface area (Å²) >= 11 is 0. The van der Waals surface area contributed by atoms with Crippen LogP contribution < -0.4 is 5.32 Å². The van der Waals surface area contributed by atoms with E-state index in [-0.39, 0.29) is 10.8 Å². The van der Waals surface area contributed by atoms with Gasteiger partial charge in [0.1, 0.15) is 0 Å². The Morgan fingerprint density at radius 2 is 1.84 bits per heavy atom. The van der Waals surface area contributed by atoms with Crippen LogP contribution in [0.25, 0.3) is 0 Å². The lowest BCUT2D eigenvalue weighted by Gasteiger charge is -2.26. The summed E-state index contributed by atoms with van der Waals surface area (Å²) < 4.78 is 29.4. The topological polar surface area (TPSA) is 84.3 Å². The van der Waals surface area contributed by atoms with Gasteiger partial charge in [0.15, 0.2) is 0 Å². The van der Waals surface area contributed by atoms with Gasteiger partial charge in [-0.05, 0) is 55.2 Å². The standard InChI is InChI=1S/C23H26N4O3S/c1-18-10-11-20(31(29,30)27-14-5-2-6-15-27)16-21(18)23(28)25-22-9-4-3-8-19(22)17-26-13-7-12-24-26/h3-4,7-13,16H,2,5-6,14-15,17H2,1H3,(H,25,28). The Balaban J connectivity index is 1.59. The van der Waals surface area contributed by atoms with E-state index in [9.17, 15) is 13.2 Å². The third-order valence-electron chi connectivity index (χ3n) is 5.56. The molecule has 0 bridgehead atoms. The predicted octanol–water partition coefficient (Wildman–Crippen LogP) is 3.67. The van der Waals surface area contributed by atoms with Gasteiger partial charge in [-0.2, -0.15) is 9.40 Å². The first kappa shape index (κ1) is 21.3. The number of piperidine rings is 1. The van der Waals surface area contributed by atoms with Crippen LogP contribution in [-0.2, 0) is 16.6 Å². The van der Waals surface area contributed by atoms with Gasteiger partial charge in [0, 0.05) is 36.7 Å². The van der Waals surface area contributed by atoms with Gasteiger partial charge < -0.3 is 5.32 Å². The molecule has 1 amide bonds. The van der Waals surface area contributed by atoms with E-state index in [2.05, 4.69) is 10.4 Å². The molecule has 0 unspecified atom stereocenters. The van der Waals surface area contributed by atoms with Crippen LogP contribution in [0.15, 0.2) is 65.8 Å². The minimum absolute atomic E-state index is 0.162. The zero-order valence-electron chi connectivity index (χ0n) is 17.5. The molecule has 1 aromatic heterocycles. The fourth-order valence-corrected chi connectivity index (χ4v) is 5.34. The second kappa shape index (κ2) is 9.03. The number of aromatic nitrogens is 2. The SMILES string of the molecule is Cc1ccc(S(=O)(=O)N2CCCCC2)cc1C(=O)Nc1ccccc1Cn1cccn1. The zero-order valence-corrected chi connectivity index (χ0v) is 18.3. The summed E-state index contributed by atoms with van der Waals surface area (Å²) in [6.07, 6.45) is 6.35. The van der Waals surface area contributed by atoms with Gasteiger partial charge in [0.25, 0.3) is 5.91 Å². The summed E-state index contributed by atoms with van der Waals surface area (Å²) in [5.41, 5.74) is 2.66. The summed E-state index contributed by atoms with van der Waals surface area (Å²) in [6, 6.07) is 14.1. The van der Waals surface area contributed by atoms with Gasteiger partial charge >= 0.3 is 0 Å². The lowest BCUT2D eigenvalue weighted by molar-refractivity contribution is 0.102. The summed E-state index contributed by atoms with van der Waals surface area (Å²) in [5.74, 6) is -0.332. The third kappa shape index (κ3) is 4.70. The Bertz CT molecular complexity index is 1170. The van der Waals surface area contributed by atoms with Crippen molar-refractivity contribution in [2.24, 2.45) is 0 Å². The Labute approximate surface area is 182 Å². The molecule has 4 rings (SSSR count). The molecule has 1 N–H and O–H groups in total. The van der Waals surface area contributed by atoms with E-state index in [1.54, 1.807) is 23.0 Å². The van der Waals surface area contributed by atoms with Crippen molar-refractivity contribution in [3.05, 3.63) is 77.6 Å². The molecule has 0 aliphatic carbocycles. The van der Waals surface area contributed by atoms with Crippen molar-refractivity contribution in [3.63, 3.8) is 0 Å². The van der Waals surface area contributed by atoms with Crippen LogP contribution in [-0.4, -0.2) is 41.5 Å². The molecular weight excluding hydrogens is 412 g/mol. The summed E-state index contributed by atoms with van der Waals surface area (Å²) in [5, 5.41) is 7.17. The average Bonchev–Trinajstić information content (AvgIpc) is 3.29. The van der Waals surface area contributed by atoms with Gasteiger partial charge in [0.05, 0.1) is 11.4 Å².